The minimum absolute atomic E-state index is 6.03. The van der Waals surface area contributed by atoms with Gasteiger partial charge in [0.15, 0.2) is 0 Å². The maximum Gasteiger partial charge on any atom is 0.438 e. The smallest absolute Gasteiger partial charge is 0.281 e. The predicted molar refractivity (Wildman–Crippen MR) is 42.3 cm³/mol. The van der Waals surface area contributed by atoms with Crippen molar-refractivity contribution in [3.05, 3.63) is 0 Å². The molecule has 0 saturated heterocycles. The Hall–Kier alpha value is -0.930. The molecule has 1 atom stereocenters. The molecular formula is C6H2F12O3S. The third-order valence-corrected chi connectivity index (χ3v) is 3.01. The summed E-state index contributed by atoms with van der Waals surface area (Å²) in [6, 6.07) is 0. The first kappa shape index (κ1) is 21.1. The molecule has 0 aliphatic rings. The van der Waals surface area contributed by atoms with Crippen molar-refractivity contribution in [3.8, 4) is 0 Å². The Morgan fingerprint density at radius 2 is 1.05 bits per heavy atom. The van der Waals surface area contributed by atoms with Gasteiger partial charge in [-0.05, 0) is 0 Å². The molecule has 0 aromatic carbocycles. The molecular weight excluding hydrogens is 380 g/mol. The van der Waals surface area contributed by atoms with E-state index in [-0.39, 0.29) is 0 Å². The number of hydrogen-bond donors (Lipinski definition) is 1. The molecule has 0 saturated carbocycles. The average molecular weight is 382 g/mol. The van der Waals surface area contributed by atoms with Crippen molar-refractivity contribution >= 4 is 10.1 Å². The second-order valence-corrected chi connectivity index (χ2v) is 5.13. The van der Waals surface area contributed by atoms with Crippen molar-refractivity contribution in [1.82, 2.24) is 0 Å². The number of rotatable bonds is 5. The van der Waals surface area contributed by atoms with E-state index in [9.17, 15) is 61.1 Å². The highest BCUT2D eigenvalue weighted by Crippen LogP contribution is 2.56. The van der Waals surface area contributed by atoms with Crippen LogP contribution in [0.5, 0.6) is 0 Å². The third kappa shape index (κ3) is 2.81. The molecule has 0 radical (unpaired) electrons. The van der Waals surface area contributed by atoms with E-state index in [1.165, 1.54) is 0 Å². The largest absolute Gasteiger partial charge is 0.438 e. The summed E-state index contributed by atoms with van der Waals surface area (Å²) in [7, 11) is -7.47. The topological polar surface area (TPSA) is 54.4 Å². The van der Waals surface area contributed by atoms with Crippen LogP contribution in [-0.2, 0) is 10.1 Å². The van der Waals surface area contributed by atoms with Gasteiger partial charge >= 0.3 is 39.3 Å². The zero-order valence-electron chi connectivity index (χ0n) is 9.28. The summed E-state index contributed by atoms with van der Waals surface area (Å²) < 4.78 is 175. The summed E-state index contributed by atoms with van der Waals surface area (Å²) in [6.45, 7) is 0. The van der Waals surface area contributed by atoms with E-state index >= 15 is 0 Å². The number of hydrogen-bond acceptors (Lipinski definition) is 2. The third-order valence-electron chi connectivity index (χ3n) is 2.11. The van der Waals surface area contributed by atoms with Gasteiger partial charge in [-0.1, -0.05) is 0 Å². The molecule has 22 heavy (non-hydrogen) atoms. The van der Waals surface area contributed by atoms with Gasteiger partial charge in [-0.15, -0.1) is 0 Å². The van der Waals surface area contributed by atoms with E-state index in [0.717, 1.165) is 0 Å². The van der Waals surface area contributed by atoms with Crippen molar-refractivity contribution in [1.29, 1.82) is 0 Å². The Bertz CT molecular complexity index is 519. The van der Waals surface area contributed by atoms with Gasteiger partial charge in [-0.3, -0.25) is 4.55 Å². The zero-order chi connectivity index (χ0) is 18.6. The fraction of sp³-hybridized carbons (Fsp3) is 1.00. The van der Waals surface area contributed by atoms with Crippen molar-refractivity contribution in [2.75, 3.05) is 0 Å². The molecule has 0 spiro atoms. The van der Waals surface area contributed by atoms with E-state index in [0.29, 0.717) is 0 Å². The SMILES string of the molecule is O=S(=O)(O)C(F)(F)C(F)(F)C(F)(F)C(F)(F)C(F)C(F)(F)F. The molecule has 0 bridgehead atoms. The quantitative estimate of drug-likeness (QED) is 0.587. The van der Waals surface area contributed by atoms with Crippen LogP contribution >= 0.6 is 0 Å². The maximum absolute atomic E-state index is 12.7. The van der Waals surface area contributed by atoms with Crippen LogP contribution in [0.3, 0.4) is 0 Å². The molecule has 0 aromatic rings. The lowest BCUT2D eigenvalue weighted by Gasteiger charge is -2.36. The summed E-state index contributed by atoms with van der Waals surface area (Å²) in [6.07, 6.45) is -12.9. The Morgan fingerprint density at radius 3 is 1.27 bits per heavy atom. The summed E-state index contributed by atoms with van der Waals surface area (Å²) in [4.78, 5) is 0. The number of halogens is 12. The minimum atomic E-state index is -7.84. The lowest BCUT2D eigenvalue weighted by Crippen LogP contribution is -2.68. The first-order valence-electron chi connectivity index (χ1n) is 4.34. The molecule has 1 unspecified atom stereocenters. The van der Waals surface area contributed by atoms with Crippen LogP contribution in [0.15, 0.2) is 0 Å². The van der Waals surface area contributed by atoms with E-state index < -0.39 is 45.5 Å². The monoisotopic (exact) mass is 382 g/mol. The molecule has 0 amide bonds. The van der Waals surface area contributed by atoms with Gasteiger partial charge in [0.1, 0.15) is 0 Å². The van der Waals surface area contributed by atoms with Crippen LogP contribution in [0.1, 0.15) is 0 Å². The fourth-order valence-electron chi connectivity index (χ4n) is 0.919. The van der Waals surface area contributed by atoms with Crippen LogP contribution in [0.4, 0.5) is 52.7 Å². The normalized spacial score (nSPS) is 17.5. The van der Waals surface area contributed by atoms with E-state index in [1.54, 1.807) is 0 Å². The Balaban J connectivity index is 6.23. The van der Waals surface area contributed by atoms with Gasteiger partial charge in [0, 0.05) is 0 Å². The Kier molecular flexibility index (Phi) is 4.82. The first-order chi connectivity index (χ1) is 9.15. The van der Waals surface area contributed by atoms with Gasteiger partial charge in [0.25, 0.3) is 6.17 Å². The van der Waals surface area contributed by atoms with Crippen molar-refractivity contribution in [2.45, 2.75) is 35.4 Å². The van der Waals surface area contributed by atoms with Crippen LogP contribution < -0.4 is 0 Å². The lowest BCUT2D eigenvalue weighted by molar-refractivity contribution is -0.380. The second kappa shape index (κ2) is 5.04. The molecule has 0 fully saturated rings. The maximum atomic E-state index is 12.7. The van der Waals surface area contributed by atoms with Crippen LogP contribution in [-0.4, -0.2) is 48.3 Å². The molecule has 0 rings (SSSR count). The Labute approximate surface area is 112 Å². The van der Waals surface area contributed by atoms with Crippen LogP contribution in [0.2, 0.25) is 0 Å². The minimum Gasteiger partial charge on any atom is -0.281 e. The van der Waals surface area contributed by atoms with Crippen LogP contribution in [0, 0.1) is 0 Å². The highest BCUT2D eigenvalue weighted by atomic mass is 32.2. The molecule has 3 nitrogen and oxygen atoms in total. The molecule has 0 aliphatic carbocycles. The lowest BCUT2D eigenvalue weighted by atomic mass is 10.00. The summed E-state index contributed by atoms with van der Waals surface area (Å²) in [5, 5.41) is -7.34. The molecule has 0 aliphatic heterocycles. The molecule has 134 valence electrons. The molecule has 16 heteroatoms. The molecule has 1 N–H and O–H groups in total. The second-order valence-electron chi connectivity index (χ2n) is 3.67. The van der Waals surface area contributed by atoms with E-state index in [4.69, 9.17) is 4.55 Å². The molecule has 0 heterocycles. The number of alkyl halides is 12. The van der Waals surface area contributed by atoms with Crippen molar-refractivity contribution in [3.63, 3.8) is 0 Å². The zero-order valence-corrected chi connectivity index (χ0v) is 10.1. The van der Waals surface area contributed by atoms with Gasteiger partial charge in [0.2, 0.25) is 0 Å². The van der Waals surface area contributed by atoms with E-state index in [2.05, 4.69) is 0 Å². The standard InChI is InChI=1S/C6H2F12O3S/c7-1(3(10,11)12)2(8,9)4(13,14)5(15,16)6(17,18)22(19,20)21/h1H,(H,19,20,21). The summed E-state index contributed by atoms with van der Waals surface area (Å²) >= 11 is 0. The average Bonchev–Trinajstić information content (AvgIpc) is 2.24. The summed E-state index contributed by atoms with van der Waals surface area (Å²) in [5.74, 6) is -23.1. The van der Waals surface area contributed by atoms with Gasteiger partial charge in [-0.2, -0.15) is 56.7 Å². The van der Waals surface area contributed by atoms with Gasteiger partial charge in [-0.25, -0.2) is 4.39 Å². The highest BCUT2D eigenvalue weighted by molar-refractivity contribution is 7.87. The van der Waals surface area contributed by atoms with E-state index in [1.807, 2.05) is 0 Å². The fourth-order valence-corrected chi connectivity index (χ4v) is 1.37. The first-order valence-corrected chi connectivity index (χ1v) is 5.78. The van der Waals surface area contributed by atoms with Gasteiger partial charge in [0.05, 0.1) is 0 Å². The van der Waals surface area contributed by atoms with Crippen molar-refractivity contribution < 1.29 is 65.7 Å². The summed E-state index contributed by atoms with van der Waals surface area (Å²) in [5.41, 5.74) is 0. The van der Waals surface area contributed by atoms with Gasteiger partial charge < -0.3 is 0 Å². The van der Waals surface area contributed by atoms with Crippen molar-refractivity contribution in [2.24, 2.45) is 0 Å². The predicted octanol–water partition coefficient (Wildman–Crippen LogP) is 3.27. The Morgan fingerprint density at radius 1 is 0.727 bits per heavy atom. The van der Waals surface area contributed by atoms with Crippen LogP contribution in [0.25, 0.3) is 0 Å². The molecule has 0 aromatic heterocycles. The highest BCUT2D eigenvalue weighted by Gasteiger charge is 2.87.